The fourth-order valence-corrected chi connectivity index (χ4v) is 10.6. The van der Waals surface area contributed by atoms with E-state index in [9.17, 15) is 14.4 Å². The molecule has 0 aromatic rings. The number of unbranched alkanes of at least 4 members (excludes halogenated alkanes) is 45. The van der Waals surface area contributed by atoms with Crippen molar-refractivity contribution in [2.24, 2.45) is 0 Å². The molecule has 0 heterocycles. The van der Waals surface area contributed by atoms with Gasteiger partial charge < -0.3 is 14.2 Å². The number of allylic oxidation sites excluding steroid dienone is 10. The largest absolute Gasteiger partial charge is 0.462 e. The molecular weight excluding hydrogens is 997 g/mol. The molecular formula is C75H136O6. The molecule has 472 valence electrons. The van der Waals surface area contributed by atoms with E-state index in [0.29, 0.717) is 19.3 Å². The van der Waals surface area contributed by atoms with Crippen molar-refractivity contribution < 1.29 is 28.6 Å². The van der Waals surface area contributed by atoms with Crippen LogP contribution in [0.25, 0.3) is 0 Å². The van der Waals surface area contributed by atoms with Gasteiger partial charge in [0, 0.05) is 19.3 Å². The van der Waals surface area contributed by atoms with Crippen LogP contribution in [-0.4, -0.2) is 37.2 Å². The van der Waals surface area contributed by atoms with Crippen molar-refractivity contribution in [2.75, 3.05) is 13.2 Å². The first-order chi connectivity index (χ1) is 40.0. The van der Waals surface area contributed by atoms with Crippen LogP contribution < -0.4 is 0 Å². The Morgan fingerprint density at radius 1 is 0.259 bits per heavy atom. The number of hydrogen-bond acceptors (Lipinski definition) is 6. The molecule has 0 aliphatic rings. The normalized spacial score (nSPS) is 12.4. The molecule has 0 aromatic heterocycles. The Kier molecular flexibility index (Phi) is 67.1. The van der Waals surface area contributed by atoms with Crippen molar-refractivity contribution in [2.45, 2.75) is 386 Å². The maximum atomic E-state index is 12.9. The van der Waals surface area contributed by atoms with E-state index < -0.39 is 6.10 Å². The summed E-state index contributed by atoms with van der Waals surface area (Å²) in [7, 11) is 0. The van der Waals surface area contributed by atoms with Gasteiger partial charge in [-0.05, 0) is 103 Å². The lowest BCUT2D eigenvalue weighted by Gasteiger charge is -2.18. The average Bonchev–Trinajstić information content (AvgIpc) is 3.47. The topological polar surface area (TPSA) is 78.9 Å². The Balaban J connectivity index is 4.19. The summed E-state index contributed by atoms with van der Waals surface area (Å²) in [6, 6.07) is 0. The SMILES string of the molecule is CC/C=C\C/C=C\C/C=C\CCCCCCCCCC(=O)OC(COC(=O)CCCCCCC/C=C\CCCCCCCC)COC(=O)CCCCCCCCCCCCCCCCCCCCC/C=C\CCCCCCCCCC. The van der Waals surface area contributed by atoms with E-state index in [2.05, 4.69) is 81.5 Å². The highest BCUT2D eigenvalue weighted by molar-refractivity contribution is 5.71. The van der Waals surface area contributed by atoms with Crippen LogP contribution in [0.15, 0.2) is 60.8 Å². The van der Waals surface area contributed by atoms with Crippen molar-refractivity contribution in [3.63, 3.8) is 0 Å². The third kappa shape index (κ3) is 67.8. The van der Waals surface area contributed by atoms with Crippen LogP contribution in [-0.2, 0) is 28.6 Å². The van der Waals surface area contributed by atoms with E-state index >= 15 is 0 Å². The van der Waals surface area contributed by atoms with Gasteiger partial charge in [0.15, 0.2) is 6.10 Å². The second-order valence-electron chi connectivity index (χ2n) is 24.1. The Hall–Kier alpha value is -2.89. The summed E-state index contributed by atoms with van der Waals surface area (Å²) in [4.78, 5) is 38.4. The van der Waals surface area contributed by atoms with Gasteiger partial charge in [-0.1, -0.05) is 319 Å². The van der Waals surface area contributed by atoms with Gasteiger partial charge in [-0.25, -0.2) is 0 Å². The lowest BCUT2D eigenvalue weighted by Crippen LogP contribution is -2.30. The molecule has 81 heavy (non-hydrogen) atoms. The van der Waals surface area contributed by atoms with Gasteiger partial charge in [0.1, 0.15) is 13.2 Å². The maximum Gasteiger partial charge on any atom is 0.306 e. The van der Waals surface area contributed by atoms with E-state index in [1.54, 1.807) is 0 Å². The van der Waals surface area contributed by atoms with Crippen molar-refractivity contribution in [3.05, 3.63) is 60.8 Å². The van der Waals surface area contributed by atoms with Crippen LogP contribution in [0.1, 0.15) is 380 Å². The second-order valence-corrected chi connectivity index (χ2v) is 24.1. The number of hydrogen-bond donors (Lipinski definition) is 0. The molecule has 1 atom stereocenters. The van der Waals surface area contributed by atoms with Crippen LogP contribution in [0, 0.1) is 0 Å². The predicted octanol–water partition coefficient (Wildman–Crippen LogP) is 24.7. The van der Waals surface area contributed by atoms with Crippen LogP contribution in [0.4, 0.5) is 0 Å². The van der Waals surface area contributed by atoms with Gasteiger partial charge in [0.25, 0.3) is 0 Å². The summed E-state index contributed by atoms with van der Waals surface area (Å²) in [6.45, 7) is 6.57. The van der Waals surface area contributed by atoms with Gasteiger partial charge in [-0.2, -0.15) is 0 Å². The minimum atomic E-state index is -0.783. The number of esters is 3. The number of rotatable bonds is 66. The molecule has 0 spiro atoms. The van der Waals surface area contributed by atoms with Gasteiger partial charge in [-0.3, -0.25) is 14.4 Å². The van der Waals surface area contributed by atoms with E-state index in [1.807, 2.05) is 0 Å². The molecule has 6 nitrogen and oxygen atoms in total. The second kappa shape index (κ2) is 69.6. The molecule has 0 N–H and O–H groups in total. The highest BCUT2D eigenvalue weighted by Crippen LogP contribution is 2.18. The zero-order valence-electron chi connectivity index (χ0n) is 54.3. The fraction of sp³-hybridized carbons (Fsp3) is 0.827. The molecule has 0 saturated carbocycles. The summed E-state index contributed by atoms with van der Waals surface area (Å²) in [6.07, 6.45) is 89.8. The zero-order chi connectivity index (χ0) is 58.5. The standard InChI is InChI=1S/C75H136O6/c1-4-7-10-13-16-19-22-25-28-30-31-32-33-34-35-36-37-38-39-40-41-42-43-45-47-50-53-56-59-62-65-68-74(77)80-71-72(70-79-73(76)67-64-61-58-55-52-49-46-27-24-21-18-15-12-9-6-3)81-75(78)69-66-63-60-57-54-51-48-44-29-26-23-20-17-14-11-8-5-2/h8,11,17,20,26-27,29-31,46,72H,4-7,9-10,12-16,18-19,21-25,28,32-45,47-71H2,1-3H3/b11-8-,20-17-,29-26-,31-30-,46-27-. The molecule has 0 fully saturated rings. The molecule has 0 aliphatic heterocycles. The van der Waals surface area contributed by atoms with Crippen molar-refractivity contribution >= 4 is 17.9 Å². The first-order valence-corrected chi connectivity index (χ1v) is 35.8. The monoisotopic (exact) mass is 1130 g/mol. The average molecular weight is 1130 g/mol. The summed E-state index contributed by atoms with van der Waals surface area (Å²) in [5.41, 5.74) is 0. The Morgan fingerprint density at radius 3 is 0.765 bits per heavy atom. The van der Waals surface area contributed by atoms with E-state index in [1.165, 1.54) is 250 Å². The van der Waals surface area contributed by atoms with E-state index in [4.69, 9.17) is 14.2 Å². The van der Waals surface area contributed by atoms with Crippen molar-refractivity contribution in [1.29, 1.82) is 0 Å². The maximum absolute atomic E-state index is 12.9. The van der Waals surface area contributed by atoms with E-state index in [0.717, 1.165) is 89.9 Å². The highest BCUT2D eigenvalue weighted by atomic mass is 16.6. The van der Waals surface area contributed by atoms with Crippen LogP contribution in [0.2, 0.25) is 0 Å². The lowest BCUT2D eigenvalue weighted by molar-refractivity contribution is -0.167. The first-order valence-electron chi connectivity index (χ1n) is 35.8. The predicted molar refractivity (Wildman–Crippen MR) is 353 cm³/mol. The Labute approximate surface area is 504 Å². The summed E-state index contributed by atoms with van der Waals surface area (Å²) < 4.78 is 17.0. The van der Waals surface area contributed by atoms with Crippen LogP contribution >= 0.6 is 0 Å². The minimum Gasteiger partial charge on any atom is -0.462 e. The van der Waals surface area contributed by atoms with Crippen LogP contribution in [0.3, 0.4) is 0 Å². The molecule has 0 rings (SSSR count). The van der Waals surface area contributed by atoms with Gasteiger partial charge in [0.2, 0.25) is 0 Å². The number of carbonyl (C=O) groups excluding carboxylic acids is 3. The molecule has 0 aromatic carbocycles. The molecule has 0 saturated heterocycles. The first kappa shape index (κ1) is 78.1. The van der Waals surface area contributed by atoms with Crippen LogP contribution in [0.5, 0.6) is 0 Å². The third-order valence-corrected chi connectivity index (χ3v) is 16.0. The van der Waals surface area contributed by atoms with Gasteiger partial charge >= 0.3 is 17.9 Å². The summed E-state index contributed by atoms with van der Waals surface area (Å²) in [5.74, 6) is -0.874. The number of carbonyl (C=O) groups is 3. The van der Waals surface area contributed by atoms with E-state index in [-0.39, 0.29) is 31.1 Å². The number of ether oxygens (including phenoxy) is 3. The molecule has 0 amide bonds. The minimum absolute atomic E-state index is 0.0775. The molecule has 6 heteroatoms. The van der Waals surface area contributed by atoms with Gasteiger partial charge in [0.05, 0.1) is 0 Å². The fourth-order valence-electron chi connectivity index (χ4n) is 10.6. The smallest absolute Gasteiger partial charge is 0.306 e. The Bertz CT molecular complexity index is 1440. The third-order valence-electron chi connectivity index (χ3n) is 16.0. The highest BCUT2D eigenvalue weighted by Gasteiger charge is 2.19. The van der Waals surface area contributed by atoms with Gasteiger partial charge in [-0.15, -0.1) is 0 Å². The summed E-state index contributed by atoms with van der Waals surface area (Å²) >= 11 is 0. The summed E-state index contributed by atoms with van der Waals surface area (Å²) in [5, 5.41) is 0. The molecule has 1 unspecified atom stereocenters. The molecule has 0 aliphatic carbocycles. The molecule has 0 radical (unpaired) electrons. The Morgan fingerprint density at radius 2 is 0.481 bits per heavy atom. The quantitative estimate of drug-likeness (QED) is 0.0261. The molecule has 0 bridgehead atoms. The zero-order valence-corrected chi connectivity index (χ0v) is 54.3. The lowest BCUT2D eigenvalue weighted by atomic mass is 10.0. The van der Waals surface area contributed by atoms with Crippen molar-refractivity contribution in [1.82, 2.24) is 0 Å². The van der Waals surface area contributed by atoms with Crippen molar-refractivity contribution in [3.8, 4) is 0 Å².